The molecule has 0 unspecified atom stereocenters. The summed E-state index contributed by atoms with van der Waals surface area (Å²) in [7, 11) is 0. The van der Waals surface area contributed by atoms with E-state index in [1.165, 1.54) is 18.2 Å². The molecule has 1 aromatic heterocycles. The van der Waals surface area contributed by atoms with Crippen LogP contribution in [0.1, 0.15) is 20.7 Å². The number of benzene rings is 4. The second-order valence-corrected chi connectivity index (χ2v) is 8.72. The fraction of sp³-hybridized carbons (Fsp3) is 0.0690. The van der Waals surface area contributed by atoms with E-state index in [0.29, 0.717) is 41.3 Å². The van der Waals surface area contributed by atoms with E-state index < -0.39 is 17.9 Å². The monoisotopic (exact) mass is 507 g/mol. The van der Waals surface area contributed by atoms with E-state index in [2.05, 4.69) is 10.6 Å². The molecule has 0 saturated carbocycles. The summed E-state index contributed by atoms with van der Waals surface area (Å²) in [5.41, 5.74) is 2.07. The Morgan fingerprint density at radius 2 is 1.29 bits per heavy atom. The number of aromatic nitrogens is 1. The predicted octanol–water partition coefficient (Wildman–Crippen LogP) is 5.60. The van der Waals surface area contributed by atoms with Gasteiger partial charge in [-0.25, -0.2) is 9.59 Å². The molecule has 1 aliphatic heterocycles. The summed E-state index contributed by atoms with van der Waals surface area (Å²) in [4.78, 5) is 38.2. The van der Waals surface area contributed by atoms with Crippen LogP contribution in [0.25, 0.3) is 21.8 Å². The number of carboxylic acid groups (broad SMARTS) is 1. The van der Waals surface area contributed by atoms with Gasteiger partial charge in [-0.3, -0.25) is 9.36 Å². The zero-order valence-corrected chi connectivity index (χ0v) is 19.9. The first-order valence-corrected chi connectivity index (χ1v) is 11.9. The van der Waals surface area contributed by atoms with Crippen LogP contribution in [-0.2, 0) is 0 Å². The Morgan fingerprint density at radius 3 is 1.95 bits per heavy atom. The summed E-state index contributed by atoms with van der Waals surface area (Å²) in [5, 5.41) is 17.0. The first-order valence-electron chi connectivity index (χ1n) is 11.9. The van der Waals surface area contributed by atoms with Gasteiger partial charge in [0.25, 0.3) is 5.91 Å². The maximum absolute atomic E-state index is 13.5. The standard InChI is InChI=1S/C29H21N3O6/c33-27(17-9-10-25-26(15-17)38-12-11-37-25)30-19-13-18(28(34)35)14-20(16-19)31-29(36)32-23-7-3-1-5-21(23)22-6-2-4-8-24(22)32/h1-10,13-16H,11-12H2,(H,30,33)(H,31,36)(H,34,35). The van der Waals surface area contributed by atoms with Crippen LogP contribution >= 0.6 is 0 Å². The number of amides is 2. The van der Waals surface area contributed by atoms with Gasteiger partial charge in [-0.05, 0) is 48.5 Å². The Bertz CT molecular complexity index is 1700. The van der Waals surface area contributed by atoms with Crippen LogP contribution in [0.5, 0.6) is 11.5 Å². The van der Waals surface area contributed by atoms with Gasteiger partial charge >= 0.3 is 12.0 Å². The molecule has 0 spiro atoms. The summed E-state index contributed by atoms with van der Waals surface area (Å²) in [5.74, 6) is -0.657. The summed E-state index contributed by atoms with van der Waals surface area (Å²) in [6, 6.07) is 23.6. The molecule has 38 heavy (non-hydrogen) atoms. The molecule has 9 nitrogen and oxygen atoms in total. The van der Waals surface area contributed by atoms with Crippen molar-refractivity contribution in [2.45, 2.75) is 0 Å². The Hall–Kier alpha value is -5.31. The number of hydrogen-bond donors (Lipinski definition) is 3. The minimum Gasteiger partial charge on any atom is -0.486 e. The minimum absolute atomic E-state index is 0.0949. The van der Waals surface area contributed by atoms with Crippen LogP contribution in [0, 0.1) is 0 Å². The summed E-state index contributed by atoms with van der Waals surface area (Å²) in [6.45, 7) is 0.817. The summed E-state index contributed by atoms with van der Waals surface area (Å²) >= 11 is 0. The van der Waals surface area contributed by atoms with E-state index in [4.69, 9.17) is 9.47 Å². The molecule has 2 amide bonds. The highest BCUT2D eigenvalue weighted by Crippen LogP contribution is 2.32. The number of anilines is 2. The Labute approximate surface area is 216 Å². The molecule has 5 aromatic rings. The molecule has 2 heterocycles. The molecule has 0 fully saturated rings. The second kappa shape index (κ2) is 9.29. The van der Waals surface area contributed by atoms with Gasteiger partial charge in [0.1, 0.15) is 13.2 Å². The number of nitrogens with zero attached hydrogens (tertiary/aromatic N) is 1. The van der Waals surface area contributed by atoms with E-state index in [1.54, 1.807) is 22.8 Å². The minimum atomic E-state index is -1.20. The largest absolute Gasteiger partial charge is 0.486 e. The van der Waals surface area contributed by atoms with E-state index in [9.17, 15) is 19.5 Å². The first kappa shape index (κ1) is 23.1. The van der Waals surface area contributed by atoms with Crippen LogP contribution in [0.15, 0.2) is 84.9 Å². The highest BCUT2D eigenvalue weighted by atomic mass is 16.6. The van der Waals surface area contributed by atoms with E-state index in [0.717, 1.165) is 10.8 Å². The van der Waals surface area contributed by atoms with Crippen LogP contribution in [0.4, 0.5) is 16.2 Å². The van der Waals surface area contributed by atoms with Gasteiger partial charge < -0.3 is 25.2 Å². The topological polar surface area (TPSA) is 119 Å². The molecule has 0 atom stereocenters. The number of aromatic carboxylic acids is 1. The second-order valence-electron chi connectivity index (χ2n) is 8.72. The first-order chi connectivity index (χ1) is 18.5. The fourth-order valence-corrected chi connectivity index (χ4v) is 4.60. The smallest absolute Gasteiger partial charge is 0.335 e. The van der Waals surface area contributed by atoms with E-state index >= 15 is 0 Å². The molecule has 6 rings (SSSR count). The van der Waals surface area contributed by atoms with Gasteiger partial charge in [0, 0.05) is 27.7 Å². The number of para-hydroxylation sites is 2. The molecular weight excluding hydrogens is 486 g/mol. The van der Waals surface area contributed by atoms with Crippen molar-refractivity contribution in [2.75, 3.05) is 23.8 Å². The highest BCUT2D eigenvalue weighted by Gasteiger charge is 2.19. The van der Waals surface area contributed by atoms with Crippen molar-refractivity contribution in [3.05, 3.63) is 96.1 Å². The van der Waals surface area contributed by atoms with Crippen LogP contribution in [0.3, 0.4) is 0 Å². The summed E-state index contributed by atoms with van der Waals surface area (Å²) < 4.78 is 12.6. The maximum Gasteiger partial charge on any atom is 0.335 e. The Morgan fingerprint density at radius 1 is 0.684 bits per heavy atom. The molecule has 3 N–H and O–H groups in total. The van der Waals surface area contributed by atoms with Gasteiger partial charge in [0.05, 0.1) is 16.6 Å². The fourth-order valence-electron chi connectivity index (χ4n) is 4.60. The van der Waals surface area contributed by atoms with E-state index in [1.807, 2.05) is 48.5 Å². The Kier molecular flexibility index (Phi) is 5.65. The van der Waals surface area contributed by atoms with Crippen molar-refractivity contribution in [2.24, 2.45) is 0 Å². The number of ether oxygens (including phenoxy) is 2. The third-order valence-electron chi connectivity index (χ3n) is 6.28. The zero-order chi connectivity index (χ0) is 26.2. The van der Waals surface area contributed by atoms with Crippen molar-refractivity contribution in [1.29, 1.82) is 0 Å². The summed E-state index contributed by atoms with van der Waals surface area (Å²) in [6.07, 6.45) is 0. The van der Waals surface area contributed by atoms with Crippen molar-refractivity contribution < 1.29 is 29.0 Å². The van der Waals surface area contributed by atoms with Gasteiger partial charge in [-0.2, -0.15) is 0 Å². The van der Waals surface area contributed by atoms with Crippen molar-refractivity contribution >= 4 is 51.1 Å². The van der Waals surface area contributed by atoms with Gasteiger partial charge in [-0.1, -0.05) is 36.4 Å². The number of carboxylic acids is 1. The van der Waals surface area contributed by atoms with Gasteiger partial charge in [0.2, 0.25) is 0 Å². The number of rotatable bonds is 4. The Balaban J connectivity index is 1.32. The lowest BCUT2D eigenvalue weighted by Crippen LogP contribution is -2.20. The maximum atomic E-state index is 13.5. The zero-order valence-electron chi connectivity index (χ0n) is 19.9. The van der Waals surface area contributed by atoms with Crippen LogP contribution in [0.2, 0.25) is 0 Å². The third-order valence-corrected chi connectivity index (χ3v) is 6.28. The lowest BCUT2D eigenvalue weighted by molar-refractivity contribution is 0.0696. The number of carbonyl (C=O) groups excluding carboxylic acids is 2. The van der Waals surface area contributed by atoms with Gasteiger partial charge in [-0.15, -0.1) is 0 Å². The molecule has 4 aromatic carbocycles. The van der Waals surface area contributed by atoms with E-state index in [-0.39, 0.29) is 16.9 Å². The quantitative estimate of drug-likeness (QED) is 0.292. The SMILES string of the molecule is O=C(O)c1cc(NC(=O)c2ccc3c(c2)OCCO3)cc(NC(=O)n2c3ccccc3c3ccccc32)c1. The molecule has 0 bridgehead atoms. The molecule has 9 heteroatoms. The van der Waals surface area contributed by atoms with Crippen LogP contribution in [-0.4, -0.2) is 40.8 Å². The number of fused-ring (bicyclic) bond motifs is 4. The van der Waals surface area contributed by atoms with Crippen LogP contribution < -0.4 is 20.1 Å². The molecule has 0 radical (unpaired) electrons. The van der Waals surface area contributed by atoms with Crippen molar-refractivity contribution in [1.82, 2.24) is 4.57 Å². The molecule has 0 saturated heterocycles. The number of hydrogen-bond acceptors (Lipinski definition) is 5. The van der Waals surface area contributed by atoms with Gasteiger partial charge in [0.15, 0.2) is 11.5 Å². The number of carbonyl (C=O) groups is 3. The molecular formula is C29H21N3O6. The molecule has 1 aliphatic rings. The molecule has 0 aliphatic carbocycles. The average molecular weight is 508 g/mol. The highest BCUT2D eigenvalue weighted by molar-refractivity contribution is 6.15. The normalized spacial score (nSPS) is 12.3. The average Bonchev–Trinajstić information content (AvgIpc) is 3.27. The predicted molar refractivity (Wildman–Crippen MR) is 143 cm³/mol. The lowest BCUT2D eigenvalue weighted by atomic mass is 10.1. The number of nitrogens with one attached hydrogen (secondary N) is 2. The third kappa shape index (κ3) is 4.16. The lowest BCUT2D eigenvalue weighted by Gasteiger charge is -2.18. The molecule has 188 valence electrons. The van der Waals surface area contributed by atoms with Crippen molar-refractivity contribution in [3.63, 3.8) is 0 Å². The van der Waals surface area contributed by atoms with Crippen molar-refractivity contribution in [3.8, 4) is 11.5 Å².